The minimum absolute atomic E-state index is 0.688. The number of rotatable bonds is 9. The molecule has 1 aliphatic rings. The average molecular weight is 244 g/mol. The lowest BCUT2D eigenvalue weighted by atomic mass is 10.1. The van der Waals surface area contributed by atoms with Crippen LogP contribution in [0.5, 0.6) is 0 Å². The third-order valence-corrected chi connectivity index (χ3v) is 4.34. The van der Waals surface area contributed by atoms with Gasteiger partial charge in [-0.05, 0) is 39.5 Å². The summed E-state index contributed by atoms with van der Waals surface area (Å²) in [7, 11) is 2.29. The van der Waals surface area contributed by atoms with Crippen LogP contribution in [0.4, 0.5) is 0 Å². The topological polar surface area (TPSA) is 15.3 Å². The van der Waals surface area contributed by atoms with E-state index >= 15 is 0 Å². The predicted octanol–water partition coefficient (Wildman–Crippen LogP) is 2.59. The highest BCUT2D eigenvalue weighted by molar-refractivity contribution is 7.98. The summed E-state index contributed by atoms with van der Waals surface area (Å²) >= 11 is 1.95. The zero-order chi connectivity index (χ0) is 12.0. The van der Waals surface area contributed by atoms with Crippen LogP contribution < -0.4 is 5.32 Å². The molecule has 0 aromatic rings. The van der Waals surface area contributed by atoms with Gasteiger partial charge >= 0.3 is 0 Å². The van der Waals surface area contributed by atoms with E-state index in [1.807, 2.05) is 11.8 Å². The number of hydrogen-bond acceptors (Lipinski definition) is 3. The molecule has 2 unspecified atom stereocenters. The van der Waals surface area contributed by atoms with Gasteiger partial charge in [-0.3, -0.25) is 4.90 Å². The number of likely N-dealkylation sites (N-methyl/N-ethyl adjacent to an activating group) is 1. The number of nitrogens with zero attached hydrogens (tertiary/aromatic N) is 1. The second kappa shape index (κ2) is 7.57. The molecule has 2 atom stereocenters. The smallest absolute Gasteiger partial charge is 0.0220 e. The zero-order valence-electron chi connectivity index (χ0n) is 11.3. The van der Waals surface area contributed by atoms with Crippen LogP contribution in [0.25, 0.3) is 0 Å². The lowest BCUT2D eigenvalue weighted by Gasteiger charge is -2.33. The van der Waals surface area contributed by atoms with Gasteiger partial charge in [0, 0.05) is 30.4 Å². The largest absolute Gasteiger partial charge is 0.312 e. The monoisotopic (exact) mass is 244 g/mol. The normalized spacial score (nSPS) is 20.1. The Balaban J connectivity index is 2.32. The van der Waals surface area contributed by atoms with Gasteiger partial charge in [-0.2, -0.15) is 11.8 Å². The van der Waals surface area contributed by atoms with Crippen molar-refractivity contribution in [3.63, 3.8) is 0 Å². The maximum Gasteiger partial charge on any atom is 0.0220 e. The van der Waals surface area contributed by atoms with Crippen LogP contribution in [0, 0.1) is 0 Å². The third kappa shape index (κ3) is 5.07. The number of nitrogens with one attached hydrogen (secondary N) is 1. The molecule has 0 spiro atoms. The molecule has 0 heterocycles. The molecule has 16 heavy (non-hydrogen) atoms. The van der Waals surface area contributed by atoms with Crippen LogP contribution >= 0.6 is 11.8 Å². The van der Waals surface area contributed by atoms with Gasteiger partial charge in [0.25, 0.3) is 0 Å². The third-order valence-electron chi connectivity index (χ3n) is 3.52. The number of thioether (sulfide) groups is 1. The van der Waals surface area contributed by atoms with Crippen molar-refractivity contribution in [1.82, 2.24) is 10.2 Å². The summed E-state index contributed by atoms with van der Waals surface area (Å²) in [5.41, 5.74) is 0. The van der Waals surface area contributed by atoms with Gasteiger partial charge in [-0.1, -0.05) is 13.3 Å². The highest BCUT2D eigenvalue weighted by atomic mass is 32.2. The van der Waals surface area contributed by atoms with E-state index in [0.29, 0.717) is 12.1 Å². The molecular formula is C13H28N2S. The Bertz CT molecular complexity index is 183. The van der Waals surface area contributed by atoms with Crippen LogP contribution in [0.15, 0.2) is 0 Å². The van der Waals surface area contributed by atoms with E-state index in [4.69, 9.17) is 0 Å². The van der Waals surface area contributed by atoms with Crippen molar-refractivity contribution < 1.29 is 0 Å². The fourth-order valence-corrected chi connectivity index (χ4v) is 2.81. The number of hydrogen-bond donors (Lipinski definition) is 1. The second-order valence-electron chi connectivity index (χ2n) is 5.09. The molecule has 0 saturated heterocycles. The molecule has 0 radical (unpaired) electrons. The fraction of sp³-hybridized carbons (Fsp3) is 1.00. The van der Waals surface area contributed by atoms with Crippen LogP contribution in [0.3, 0.4) is 0 Å². The molecule has 2 nitrogen and oxygen atoms in total. The van der Waals surface area contributed by atoms with Gasteiger partial charge in [0.1, 0.15) is 0 Å². The molecule has 0 aromatic heterocycles. The van der Waals surface area contributed by atoms with E-state index < -0.39 is 0 Å². The van der Waals surface area contributed by atoms with Crippen molar-refractivity contribution in [2.24, 2.45) is 0 Å². The first kappa shape index (κ1) is 14.3. The van der Waals surface area contributed by atoms with Gasteiger partial charge in [0.15, 0.2) is 0 Å². The molecule has 0 aromatic carbocycles. The van der Waals surface area contributed by atoms with Crippen LogP contribution in [0.1, 0.15) is 39.5 Å². The van der Waals surface area contributed by atoms with Crippen molar-refractivity contribution in [1.29, 1.82) is 0 Å². The molecule has 0 bridgehead atoms. The maximum atomic E-state index is 3.67. The van der Waals surface area contributed by atoms with Crippen molar-refractivity contribution >= 4 is 11.8 Å². The SMILES string of the molecule is CCCC(CNC1CC1)N(C)C(C)CSC. The summed E-state index contributed by atoms with van der Waals surface area (Å²) in [6.07, 6.45) is 7.58. The highest BCUT2D eigenvalue weighted by Crippen LogP contribution is 2.19. The lowest BCUT2D eigenvalue weighted by molar-refractivity contribution is 0.183. The first-order valence-electron chi connectivity index (χ1n) is 6.63. The molecular weight excluding hydrogens is 216 g/mol. The average Bonchev–Trinajstić information content (AvgIpc) is 3.07. The zero-order valence-corrected chi connectivity index (χ0v) is 12.1. The Morgan fingerprint density at radius 2 is 2.12 bits per heavy atom. The van der Waals surface area contributed by atoms with Crippen molar-refractivity contribution in [2.45, 2.75) is 57.7 Å². The molecule has 0 amide bonds. The predicted molar refractivity (Wildman–Crippen MR) is 75.3 cm³/mol. The Labute approximate surface area is 106 Å². The van der Waals surface area contributed by atoms with Gasteiger partial charge in [0.05, 0.1) is 0 Å². The molecule has 96 valence electrons. The lowest BCUT2D eigenvalue weighted by Crippen LogP contribution is -2.45. The summed E-state index contributed by atoms with van der Waals surface area (Å²) in [6, 6.07) is 2.24. The Kier molecular flexibility index (Phi) is 6.78. The first-order valence-corrected chi connectivity index (χ1v) is 8.02. The summed E-state index contributed by atoms with van der Waals surface area (Å²) < 4.78 is 0. The van der Waals surface area contributed by atoms with Gasteiger partial charge in [0.2, 0.25) is 0 Å². The van der Waals surface area contributed by atoms with E-state index in [9.17, 15) is 0 Å². The van der Waals surface area contributed by atoms with Crippen LogP contribution in [0.2, 0.25) is 0 Å². The molecule has 1 fully saturated rings. The molecule has 0 aliphatic heterocycles. The molecule has 1 saturated carbocycles. The Morgan fingerprint density at radius 1 is 1.44 bits per heavy atom. The Morgan fingerprint density at radius 3 is 2.62 bits per heavy atom. The van der Waals surface area contributed by atoms with Gasteiger partial charge in [-0.25, -0.2) is 0 Å². The van der Waals surface area contributed by atoms with Crippen LogP contribution in [-0.2, 0) is 0 Å². The standard InChI is InChI=1S/C13H28N2S/c1-5-6-13(9-14-12-7-8-12)15(3)11(2)10-16-4/h11-14H,5-10H2,1-4H3. The minimum atomic E-state index is 0.688. The minimum Gasteiger partial charge on any atom is -0.312 e. The van der Waals surface area contributed by atoms with Crippen LogP contribution in [-0.4, -0.2) is 48.6 Å². The van der Waals surface area contributed by atoms with Crippen molar-refractivity contribution in [2.75, 3.05) is 25.6 Å². The molecule has 1 N–H and O–H groups in total. The second-order valence-corrected chi connectivity index (χ2v) is 6.01. The molecule has 3 heteroatoms. The highest BCUT2D eigenvalue weighted by Gasteiger charge is 2.24. The molecule has 1 rings (SSSR count). The van der Waals surface area contributed by atoms with E-state index in [-0.39, 0.29) is 0 Å². The van der Waals surface area contributed by atoms with E-state index in [2.05, 4.69) is 37.4 Å². The van der Waals surface area contributed by atoms with Gasteiger partial charge in [-0.15, -0.1) is 0 Å². The van der Waals surface area contributed by atoms with Crippen molar-refractivity contribution in [3.8, 4) is 0 Å². The van der Waals surface area contributed by atoms with Gasteiger partial charge < -0.3 is 5.32 Å². The van der Waals surface area contributed by atoms with E-state index in [1.54, 1.807) is 0 Å². The molecule has 1 aliphatic carbocycles. The Hall–Kier alpha value is 0.270. The summed E-state index contributed by atoms with van der Waals surface area (Å²) in [4.78, 5) is 2.56. The maximum absolute atomic E-state index is 3.67. The first-order chi connectivity index (χ1) is 7.69. The quantitative estimate of drug-likeness (QED) is 0.671. The van der Waals surface area contributed by atoms with E-state index in [1.165, 1.54) is 38.0 Å². The fourth-order valence-electron chi connectivity index (χ4n) is 2.09. The summed E-state index contributed by atoms with van der Waals surface area (Å²) in [5, 5.41) is 3.67. The van der Waals surface area contributed by atoms with Crippen molar-refractivity contribution in [3.05, 3.63) is 0 Å². The summed E-state index contributed by atoms with van der Waals surface area (Å²) in [5.74, 6) is 1.24. The van der Waals surface area contributed by atoms with E-state index in [0.717, 1.165) is 6.04 Å². The summed E-state index contributed by atoms with van der Waals surface area (Å²) in [6.45, 7) is 5.81.